The molecule has 1 unspecified atom stereocenters. The Hall–Kier alpha value is -0.870. The average Bonchev–Trinajstić information content (AvgIpc) is 2.82. The maximum atomic E-state index is 11.9. The van der Waals surface area contributed by atoms with E-state index in [-0.39, 0.29) is 5.91 Å². The Labute approximate surface area is 110 Å². The van der Waals surface area contributed by atoms with E-state index in [1.807, 2.05) is 11.8 Å². The summed E-state index contributed by atoms with van der Waals surface area (Å²) in [4.78, 5) is 11.9. The Bertz CT molecular complexity index is 419. The van der Waals surface area contributed by atoms with E-state index in [1.54, 1.807) is 18.2 Å². The van der Waals surface area contributed by atoms with Crippen LogP contribution in [0.1, 0.15) is 16.8 Å². The van der Waals surface area contributed by atoms with Crippen molar-refractivity contribution in [3.05, 3.63) is 28.8 Å². The number of nitrogens with two attached hydrogens (primary N) is 1. The third-order valence-corrected chi connectivity index (χ3v) is 4.30. The van der Waals surface area contributed by atoms with E-state index in [0.717, 1.165) is 12.3 Å². The Balaban J connectivity index is 1.96. The second-order valence-electron chi connectivity index (χ2n) is 4.17. The molecule has 0 spiro atoms. The van der Waals surface area contributed by atoms with Gasteiger partial charge in [0.05, 0.1) is 5.56 Å². The average molecular weight is 271 g/mol. The van der Waals surface area contributed by atoms with Crippen LogP contribution in [0, 0.1) is 5.92 Å². The lowest BCUT2D eigenvalue weighted by Gasteiger charge is -2.11. The van der Waals surface area contributed by atoms with Gasteiger partial charge in [0.1, 0.15) is 0 Å². The van der Waals surface area contributed by atoms with Crippen molar-refractivity contribution in [2.75, 3.05) is 23.8 Å². The molecule has 1 atom stereocenters. The number of halogens is 1. The first-order valence-corrected chi connectivity index (χ1v) is 7.11. The number of nitrogen functional groups attached to an aromatic ring is 1. The first-order chi connectivity index (χ1) is 8.16. The molecule has 0 bridgehead atoms. The monoisotopic (exact) mass is 270 g/mol. The molecule has 0 aliphatic carbocycles. The molecule has 2 rings (SSSR count). The van der Waals surface area contributed by atoms with Crippen LogP contribution in [0.5, 0.6) is 0 Å². The van der Waals surface area contributed by atoms with E-state index in [9.17, 15) is 4.79 Å². The van der Waals surface area contributed by atoms with Gasteiger partial charge in [-0.3, -0.25) is 4.79 Å². The first-order valence-electron chi connectivity index (χ1n) is 5.58. The molecule has 1 saturated heterocycles. The standard InChI is InChI=1S/C12H15ClN2OS/c13-9-1-2-11(14)10(5-9)12(16)15-6-8-3-4-17-7-8/h1-2,5,8H,3-4,6-7,14H2,(H,15,16). The van der Waals surface area contributed by atoms with Gasteiger partial charge in [0.15, 0.2) is 0 Å². The minimum Gasteiger partial charge on any atom is -0.398 e. The quantitative estimate of drug-likeness (QED) is 0.830. The van der Waals surface area contributed by atoms with E-state index in [4.69, 9.17) is 17.3 Å². The van der Waals surface area contributed by atoms with Crippen LogP contribution >= 0.6 is 23.4 Å². The van der Waals surface area contributed by atoms with Crippen molar-refractivity contribution in [2.45, 2.75) is 6.42 Å². The fourth-order valence-electron chi connectivity index (χ4n) is 1.80. The van der Waals surface area contributed by atoms with Crippen molar-refractivity contribution in [3.63, 3.8) is 0 Å². The smallest absolute Gasteiger partial charge is 0.253 e. The number of anilines is 1. The topological polar surface area (TPSA) is 55.1 Å². The zero-order valence-electron chi connectivity index (χ0n) is 9.41. The molecule has 92 valence electrons. The summed E-state index contributed by atoms with van der Waals surface area (Å²) in [5.74, 6) is 2.77. The summed E-state index contributed by atoms with van der Waals surface area (Å²) in [6, 6.07) is 4.94. The van der Waals surface area contributed by atoms with E-state index in [0.29, 0.717) is 22.2 Å². The third kappa shape index (κ3) is 3.30. The highest BCUT2D eigenvalue weighted by atomic mass is 35.5. The van der Waals surface area contributed by atoms with Crippen molar-refractivity contribution in [1.29, 1.82) is 0 Å². The van der Waals surface area contributed by atoms with Crippen LogP contribution in [0.3, 0.4) is 0 Å². The molecule has 1 amide bonds. The molecule has 1 fully saturated rings. The fraction of sp³-hybridized carbons (Fsp3) is 0.417. The summed E-state index contributed by atoms with van der Waals surface area (Å²) in [6.45, 7) is 0.720. The highest BCUT2D eigenvalue weighted by Gasteiger charge is 2.17. The lowest BCUT2D eigenvalue weighted by molar-refractivity contribution is 0.0949. The summed E-state index contributed by atoms with van der Waals surface area (Å²) in [7, 11) is 0. The predicted molar refractivity (Wildman–Crippen MR) is 73.6 cm³/mol. The maximum Gasteiger partial charge on any atom is 0.253 e. The zero-order valence-corrected chi connectivity index (χ0v) is 11.0. The number of carbonyl (C=O) groups excluding carboxylic acids is 1. The zero-order chi connectivity index (χ0) is 12.3. The van der Waals surface area contributed by atoms with Gasteiger partial charge in [0.25, 0.3) is 5.91 Å². The summed E-state index contributed by atoms with van der Waals surface area (Å²) in [5, 5.41) is 3.45. The van der Waals surface area contributed by atoms with Crippen LogP contribution in [-0.2, 0) is 0 Å². The van der Waals surface area contributed by atoms with Crippen LogP contribution < -0.4 is 11.1 Å². The molecule has 1 aliphatic rings. The van der Waals surface area contributed by atoms with Crippen LogP contribution in [0.4, 0.5) is 5.69 Å². The van der Waals surface area contributed by atoms with Gasteiger partial charge < -0.3 is 11.1 Å². The minimum atomic E-state index is -0.137. The van der Waals surface area contributed by atoms with Crippen molar-refractivity contribution >= 4 is 35.0 Å². The van der Waals surface area contributed by atoms with Gasteiger partial charge in [-0.2, -0.15) is 11.8 Å². The van der Waals surface area contributed by atoms with Crippen LogP contribution in [-0.4, -0.2) is 24.0 Å². The van der Waals surface area contributed by atoms with Gasteiger partial charge in [-0.05, 0) is 42.0 Å². The molecule has 1 aliphatic heterocycles. The highest BCUT2D eigenvalue weighted by molar-refractivity contribution is 7.99. The maximum absolute atomic E-state index is 11.9. The van der Waals surface area contributed by atoms with Gasteiger partial charge >= 0.3 is 0 Å². The van der Waals surface area contributed by atoms with Gasteiger partial charge in [0, 0.05) is 17.3 Å². The SMILES string of the molecule is Nc1ccc(Cl)cc1C(=O)NCC1CCSC1. The van der Waals surface area contributed by atoms with Crippen molar-refractivity contribution < 1.29 is 4.79 Å². The minimum absolute atomic E-state index is 0.137. The second kappa shape index (κ2) is 5.65. The number of hydrogen-bond acceptors (Lipinski definition) is 3. The largest absolute Gasteiger partial charge is 0.398 e. The van der Waals surface area contributed by atoms with E-state index < -0.39 is 0 Å². The highest BCUT2D eigenvalue weighted by Crippen LogP contribution is 2.23. The molecule has 3 N–H and O–H groups in total. The molecule has 1 aromatic rings. The number of nitrogens with one attached hydrogen (secondary N) is 1. The van der Waals surface area contributed by atoms with Crippen molar-refractivity contribution in [2.24, 2.45) is 5.92 Å². The molecule has 17 heavy (non-hydrogen) atoms. The fourth-order valence-corrected chi connectivity index (χ4v) is 3.26. The number of thioether (sulfide) groups is 1. The number of benzene rings is 1. The molecule has 5 heteroatoms. The molecule has 3 nitrogen and oxygen atoms in total. The summed E-state index contributed by atoms with van der Waals surface area (Å²) >= 11 is 7.79. The van der Waals surface area contributed by atoms with Gasteiger partial charge in [-0.15, -0.1) is 0 Å². The number of carbonyl (C=O) groups is 1. The molecule has 1 aromatic carbocycles. The molecule has 0 saturated carbocycles. The van der Waals surface area contributed by atoms with Crippen molar-refractivity contribution in [3.8, 4) is 0 Å². The number of hydrogen-bond donors (Lipinski definition) is 2. The normalized spacial score (nSPS) is 19.2. The lowest BCUT2D eigenvalue weighted by atomic mass is 10.1. The Morgan fingerprint density at radius 2 is 2.41 bits per heavy atom. The van der Waals surface area contributed by atoms with Crippen LogP contribution in [0.25, 0.3) is 0 Å². The third-order valence-electron chi connectivity index (χ3n) is 2.84. The molecule has 0 aromatic heterocycles. The Kier molecular flexibility index (Phi) is 4.18. The van der Waals surface area contributed by atoms with Gasteiger partial charge in [-0.1, -0.05) is 11.6 Å². The van der Waals surface area contributed by atoms with E-state index in [2.05, 4.69) is 5.32 Å². The predicted octanol–water partition coefficient (Wildman–Crippen LogP) is 2.41. The molecule has 1 heterocycles. The Morgan fingerprint density at radius 3 is 3.12 bits per heavy atom. The van der Waals surface area contributed by atoms with E-state index in [1.165, 1.54) is 12.2 Å². The van der Waals surface area contributed by atoms with Crippen LogP contribution in [0.15, 0.2) is 18.2 Å². The molecular formula is C12H15ClN2OS. The second-order valence-corrected chi connectivity index (χ2v) is 5.76. The van der Waals surface area contributed by atoms with Crippen molar-refractivity contribution in [1.82, 2.24) is 5.32 Å². The first kappa shape index (κ1) is 12.6. The molecular weight excluding hydrogens is 256 g/mol. The summed E-state index contributed by atoms with van der Waals surface area (Å²) < 4.78 is 0. The number of amides is 1. The van der Waals surface area contributed by atoms with Crippen LogP contribution in [0.2, 0.25) is 5.02 Å². The van der Waals surface area contributed by atoms with Gasteiger partial charge in [0.2, 0.25) is 0 Å². The number of rotatable bonds is 3. The van der Waals surface area contributed by atoms with E-state index >= 15 is 0 Å². The summed E-state index contributed by atoms with van der Waals surface area (Å²) in [5.41, 5.74) is 6.68. The lowest BCUT2D eigenvalue weighted by Crippen LogP contribution is -2.29. The molecule has 0 radical (unpaired) electrons. The Morgan fingerprint density at radius 1 is 1.59 bits per heavy atom. The van der Waals surface area contributed by atoms with Gasteiger partial charge in [-0.25, -0.2) is 0 Å². The summed E-state index contributed by atoms with van der Waals surface area (Å²) in [6.07, 6.45) is 1.18.